The molecule has 0 bridgehead atoms. The Morgan fingerprint density at radius 3 is 2.42 bits per heavy atom. The number of hydrogen-bond acceptors (Lipinski definition) is 6. The van der Waals surface area contributed by atoms with Crippen LogP contribution in [0.25, 0.3) is 10.9 Å². The van der Waals surface area contributed by atoms with Crippen LogP contribution in [0.4, 0.5) is 0 Å². The number of fused-ring (bicyclic) bond motifs is 2. The van der Waals surface area contributed by atoms with Crippen molar-refractivity contribution in [2.45, 2.75) is 21.6 Å². The summed E-state index contributed by atoms with van der Waals surface area (Å²) >= 11 is 0. The summed E-state index contributed by atoms with van der Waals surface area (Å²) in [5.74, 6) is -0.427. The van der Waals surface area contributed by atoms with Gasteiger partial charge in [-0.25, -0.2) is 16.8 Å². The van der Waals surface area contributed by atoms with E-state index < -0.39 is 30.7 Å². The summed E-state index contributed by atoms with van der Waals surface area (Å²) < 4.78 is 58.9. The molecule has 7 nitrogen and oxygen atoms in total. The summed E-state index contributed by atoms with van der Waals surface area (Å²) in [7, 11) is -7.81. The van der Waals surface area contributed by atoms with E-state index in [9.17, 15) is 22.0 Å². The highest BCUT2D eigenvalue weighted by Gasteiger charge is 2.45. The fraction of sp³-hybridized carbons (Fsp3) is 0.125. The van der Waals surface area contributed by atoms with Crippen molar-refractivity contribution >= 4 is 30.6 Å². The van der Waals surface area contributed by atoms with Crippen LogP contribution in [0, 0.1) is 5.21 Å². The fourth-order valence-electron chi connectivity index (χ4n) is 4.11. The minimum Gasteiger partial charge on any atom is -0.618 e. The third-order valence-corrected chi connectivity index (χ3v) is 9.84. The second-order valence-corrected chi connectivity index (χ2v) is 11.9. The quantitative estimate of drug-likeness (QED) is 0.320. The van der Waals surface area contributed by atoms with E-state index in [1.54, 1.807) is 42.5 Å². The molecule has 0 spiro atoms. The Bertz CT molecular complexity index is 1580. The van der Waals surface area contributed by atoms with Gasteiger partial charge in [0, 0.05) is 23.1 Å². The summed E-state index contributed by atoms with van der Waals surface area (Å²) in [6.07, 6.45) is 0. The van der Waals surface area contributed by atoms with E-state index >= 15 is 0 Å². The molecule has 3 aromatic carbocycles. The van der Waals surface area contributed by atoms with Gasteiger partial charge in [-0.2, -0.15) is 4.73 Å². The Morgan fingerprint density at radius 1 is 0.909 bits per heavy atom. The van der Waals surface area contributed by atoms with Gasteiger partial charge in [-0.1, -0.05) is 36.4 Å². The predicted octanol–water partition coefficient (Wildman–Crippen LogP) is 3.35. The van der Waals surface area contributed by atoms with Crippen molar-refractivity contribution in [3.8, 4) is 5.75 Å². The highest BCUT2D eigenvalue weighted by atomic mass is 32.2. The highest BCUT2D eigenvalue weighted by molar-refractivity contribution is 7.96. The second-order valence-electron chi connectivity index (χ2n) is 7.76. The Morgan fingerprint density at radius 2 is 1.64 bits per heavy atom. The van der Waals surface area contributed by atoms with Gasteiger partial charge in [-0.15, -0.1) is 0 Å². The van der Waals surface area contributed by atoms with Crippen LogP contribution in [0.15, 0.2) is 94.7 Å². The van der Waals surface area contributed by atoms with E-state index in [0.717, 1.165) is 10.1 Å². The van der Waals surface area contributed by atoms with Crippen molar-refractivity contribution in [1.29, 1.82) is 0 Å². The Hall–Kier alpha value is -3.43. The molecule has 0 radical (unpaired) electrons. The van der Waals surface area contributed by atoms with Crippen molar-refractivity contribution in [1.82, 2.24) is 0 Å². The first-order valence-corrected chi connectivity index (χ1v) is 13.4. The third-order valence-electron chi connectivity index (χ3n) is 5.75. The molecule has 9 heteroatoms. The lowest BCUT2D eigenvalue weighted by Gasteiger charge is -2.16. The van der Waals surface area contributed by atoms with Crippen molar-refractivity contribution in [3.05, 3.63) is 101 Å². The lowest BCUT2D eigenvalue weighted by molar-refractivity contribution is -0.588. The van der Waals surface area contributed by atoms with E-state index in [2.05, 4.69) is 0 Å². The zero-order chi connectivity index (χ0) is 23.2. The number of ether oxygens (including phenoxy) is 1. The zero-order valence-corrected chi connectivity index (χ0v) is 18.9. The number of para-hydroxylation sites is 1. The van der Waals surface area contributed by atoms with Crippen LogP contribution in [0.1, 0.15) is 16.5 Å². The summed E-state index contributed by atoms with van der Waals surface area (Å²) in [5, 5.41) is 12.2. The van der Waals surface area contributed by atoms with Gasteiger partial charge in [0.15, 0.2) is 26.3 Å². The summed E-state index contributed by atoms with van der Waals surface area (Å²) in [5.41, 5.74) is 0.901. The van der Waals surface area contributed by atoms with E-state index in [1.165, 1.54) is 30.3 Å². The molecule has 1 aliphatic rings. The molecule has 168 valence electrons. The maximum Gasteiger partial charge on any atom is 0.231 e. The molecule has 0 saturated carbocycles. The second kappa shape index (κ2) is 7.86. The molecular formula is C24H19NO6S2. The zero-order valence-electron chi connectivity index (χ0n) is 17.3. The van der Waals surface area contributed by atoms with Crippen molar-refractivity contribution < 1.29 is 26.3 Å². The molecule has 0 aliphatic carbocycles. The molecule has 1 aromatic heterocycles. The Kier molecular flexibility index (Phi) is 5.10. The van der Waals surface area contributed by atoms with E-state index in [1.807, 2.05) is 12.1 Å². The fourth-order valence-corrected chi connectivity index (χ4v) is 8.47. The SMILES string of the molecule is O=S1(=O)CC(S(=O)(=O)c2ccccc2)c2c(OCc3ccc4ccccc4[n+]3[O-])cccc21. The number of aromatic nitrogens is 1. The number of nitrogens with zero attached hydrogens (tertiary/aromatic N) is 1. The van der Waals surface area contributed by atoms with Gasteiger partial charge in [0.1, 0.15) is 11.0 Å². The van der Waals surface area contributed by atoms with Gasteiger partial charge in [0.05, 0.1) is 15.5 Å². The Balaban J connectivity index is 1.55. The van der Waals surface area contributed by atoms with Gasteiger partial charge in [0.25, 0.3) is 0 Å². The number of benzene rings is 3. The number of rotatable bonds is 5. The summed E-state index contributed by atoms with van der Waals surface area (Å²) in [4.78, 5) is -0.0159. The monoisotopic (exact) mass is 481 g/mol. The molecule has 2 heterocycles. The summed E-state index contributed by atoms with van der Waals surface area (Å²) in [6.45, 7) is -0.150. The van der Waals surface area contributed by atoms with Crippen molar-refractivity contribution in [2.24, 2.45) is 0 Å². The van der Waals surface area contributed by atoms with E-state index in [0.29, 0.717) is 11.2 Å². The van der Waals surface area contributed by atoms with Crippen LogP contribution in [-0.4, -0.2) is 22.6 Å². The molecule has 1 atom stereocenters. The smallest absolute Gasteiger partial charge is 0.231 e. The van der Waals surface area contributed by atoms with E-state index in [-0.39, 0.29) is 27.7 Å². The van der Waals surface area contributed by atoms with Gasteiger partial charge in [-0.3, -0.25) is 0 Å². The molecule has 0 saturated heterocycles. The van der Waals surface area contributed by atoms with Crippen LogP contribution in [0.2, 0.25) is 0 Å². The van der Waals surface area contributed by atoms with Crippen molar-refractivity contribution in [3.63, 3.8) is 0 Å². The average Bonchev–Trinajstić information content (AvgIpc) is 3.11. The largest absolute Gasteiger partial charge is 0.618 e. The molecule has 0 amide bonds. The van der Waals surface area contributed by atoms with Gasteiger partial charge in [-0.05, 0) is 36.4 Å². The molecule has 1 aliphatic heterocycles. The standard InChI is InChI=1S/C24H19NO6S2/c26-25-18(14-13-17-7-4-5-10-20(17)25)15-31-21-11-6-12-22-24(21)23(16-32(22,27)28)33(29,30)19-8-2-1-3-9-19/h1-14,23H,15-16H2. The minimum absolute atomic E-state index is 0.0415. The topological polar surface area (TPSA) is 104 Å². The minimum atomic E-state index is -3.99. The van der Waals surface area contributed by atoms with E-state index in [4.69, 9.17) is 4.74 Å². The van der Waals surface area contributed by atoms with Crippen LogP contribution < -0.4 is 9.47 Å². The number of hydrogen-bond donors (Lipinski definition) is 0. The van der Waals surface area contributed by atoms with Crippen LogP contribution in [0.5, 0.6) is 5.75 Å². The normalized spacial score (nSPS) is 17.0. The van der Waals surface area contributed by atoms with Crippen molar-refractivity contribution in [2.75, 3.05) is 5.75 Å². The number of pyridine rings is 1. The average molecular weight is 482 g/mol. The lowest BCUT2D eigenvalue weighted by Crippen LogP contribution is -2.33. The summed E-state index contributed by atoms with van der Waals surface area (Å²) in [6, 6.07) is 22.7. The molecule has 0 N–H and O–H groups in total. The molecular weight excluding hydrogens is 462 g/mol. The third kappa shape index (κ3) is 3.63. The Labute approximate surface area is 191 Å². The molecule has 4 aromatic rings. The maximum atomic E-state index is 13.3. The van der Waals surface area contributed by atoms with Gasteiger partial charge in [0.2, 0.25) is 11.2 Å². The molecule has 0 fully saturated rings. The first-order valence-electron chi connectivity index (χ1n) is 10.2. The maximum absolute atomic E-state index is 13.3. The van der Waals surface area contributed by atoms with Gasteiger partial charge >= 0.3 is 0 Å². The first-order chi connectivity index (χ1) is 15.8. The lowest BCUT2D eigenvalue weighted by atomic mass is 10.1. The first kappa shape index (κ1) is 21.4. The highest BCUT2D eigenvalue weighted by Crippen LogP contribution is 2.45. The van der Waals surface area contributed by atoms with Crippen LogP contribution in [-0.2, 0) is 26.3 Å². The molecule has 1 unspecified atom stereocenters. The molecule has 5 rings (SSSR count). The van der Waals surface area contributed by atoms with Gasteiger partial charge < -0.3 is 9.94 Å². The number of sulfone groups is 2. The van der Waals surface area contributed by atoms with Crippen LogP contribution >= 0.6 is 0 Å². The molecule has 33 heavy (non-hydrogen) atoms. The predicted molar refractivity (Wildman–Crippen MR) is 122 cm³/mol. The van der Waals surface area contributed by atoms with Crippen LogP contribution in [0.3, 0.4) is 0 Å².